The Morgan fingerprint density at radius 3 is 1.34 bits per heavy atom. The van der Waals surface area contributed by atoms with Crippen molar-refractivity contribution in [1.82, 2.24) is 0 Å². The van der Waals surface area contributed by atoms with Crippen LogP contribution in [0.2, 0.25) is 0 Å². The summed E-state index contributed by atoms with van der Waals surface area (Å²) in [5.74, 6) is 3.20. The maximum atomic E-state index is 13.0. The Hall–Kier alpha value is -1.51. The highest BCUT2D eigenvalue weighted by Gasteiger charge is 2.21. The van der Waals surface area contributed by atoms with Crippen LogP contribution in [0.15, 0.2) is 23.3 Å². The predicted molar refractivity (Wildman–Crippen MR) is 240 cm³/mol. The van der Waals surface area contributed by atoms with Crippen molar-refractivity contribution < 1.29 is 42.1 Å². The molecule has 342 valence electrons. The van der Waals surface area contributed by atoms with Crippen molar-refractivity contribution in [3.05, 3.63) is 23.3 Å². The van der Waals surface area contributed by atoms with E-state index in [1.165, 1.54) is 89.2 Å². The van der Waals surface area contributed by atoms with Crippen LogP contribution < -0.4 is 4.89 Å². The zero-order chi connectivity index (χ0) is 44.1. The molecule has 0 bridgehead atoms. The molecular weight excluding hydrogens is 750 g/mol. The Morgan fingerprint density at radius 2 is 0.948 bits per heavy atom. The number of esters is 2. The number of likely N-dealkylation sites (N-methyl/N-ethyl adjacent to an activating group) is 1. The minimum absolute atomic E-state index is 0.0531. The zero-order valence-electron chi connectivity index (χ0n) is 39.9. The number of phosphoric acid groups is 1. The molecule has 0 amide bonds. The second kappa shape index (κ2) is 32.2. The summed E-state index contributed by atoms with van der Waals surface area (Å²) in [4.78, 5) is 38.2. The van der Waals surface area contributed by atoms with Gasteiger partial charge in [-0.2, -0.15) is 0 Å². The van der Waals surface area contributed by atoms with E-state index in [0.717, 1.165) is 73.3 Å². The van der Waals surface area contributed by atoms with Gasteiger partial charge in [-0.15, -0.1) is 0 Å². The van der Waals surface area contributed by atoms with Gasteiger partial charge in [-0.25, -0.2) is 9.59 Å². The van der Waals surface area contributed by atoms with Crippen molar-refractivity contribution in [3.63, 3.8) is 0 Å². The molecule has 6 atom stereocenters. The highest BCUT2D eigenvalue weighted by Crippen LogP contribution is 2.38. The number of allylic oxidation sites excluding steroid dienone is 2. The molecule has 10 heteroatoms. The van der Waals surface area contributed by atoms with Gasteiger partial charge in [0.1, 0.15) is 19.8 Å². The van der Waals surface area contributed by atoms with Crippen LogP contribution in [-0.2, 0) is 32.7 Å². The standard InChI is InChI=1S/C48H92NO8P/c1-38(2)20-14-22-40(5)24-16-26-42(7)28-18-30-44(9)34-47(50)54-36-46(37-56-58(52,53)55-33-32-49(11,12)13)57-48(51)35-45(10)31-19-29-43(8)27-17-25-41(6)23-15-21-39(3)4/h34-35,38-43,46H,14-33,36-37H2,1-13H3/b44-34+,45-35+/t40-,41-,42-,43-,46-/m1/s1. The monoisotopic (exact) mass is 842 g/mol. The number of carbonyl (C=O) groups excluding carboxylic acids is 2. The minimum Gasteiger partial charge on any atom is -0.756 e. The van der Waals surface area contributed by atoms with Crippen LogP contribution in [0.4, 0.5) is 0 Å². The normalized spacial score (nSPS) is 16.6. The lowest BCUT2D eigenvalue weighted by Gasteiger charge is -2.28. The Bertz CT molecular complexity index is 1190. The average Bonchev–Trinajstić information content (AvgIpc) is 3.08. The number of hydrogen-bond acceptors (Lipinski definition) is 8. The summed E-state index contributed by atoms with van der Waals surface area (Å²) < 4.78 is 34.2. The summed E-state index contributed by atoms with van der Waals surface area (Å²) in [6.07, 6.45) is 22.9. The van der Waals surface area contributed by atoms with E-state index in [4.69, 9.17) is 18.5 Å². The lowest BCUT2D eigenvalue weighted by atomic mass is 9.91. The Balaban J connectivity index is 5.00. The molecule has 0 rings (SSSR count). The lowest BCUT2D eigenvalue weighted by Crippen LogP contribution is -2.37. The molecule has 0 spiro atoms. The Kier molecular flexibility index (Phi) is 31.4. The zero-order valence-corrected chi connectivity index (χ0v) is 40.8. The van der Waals surface area contributed by atoms with Gasteiger partial charge in [0.25, 0.3) is 7.82 Å². The van der Waals surface area contributed by atoms with Crippen LogP contribution in [0.1, 0.15) is 185 Å². The first kappa shape index (κ1) is 56.5. The average molecular weight is 842 g/mol. The van der Waals surface area contributed by atoms with Gasteiger partial charge in [-0.3, -0.25) is 4.57 Å². The molecule has 0 aromatic rings. The van der Waals surface area contributed by atoms with Crippen molar-refractivity contribution in [3.8, 4) is 0 Å². The van der Waals surface area contributed by atoms with Crippen LogP contribution in [0.5, 0.6) is 0 Å². The number of rotatable bonds is 36. The molecule has 0 aliphatic heterocycles. The summed E-state index contributed by atoms with van der Waals surface area (Å²) >= 11 is 0. The topological polar surface area (TPSA) is 111 Å². The van der Waals surface area contributed by atoms with Crippen LogP contribution in [-0.4, -0.2) is 70.0 Å². The summed E-state index contributed by atoms with van der Waals surface area (Å²) in [6, 6.07) is 0. The fourth-order valence-corrected chi connectivity index (χ4v) is 7.86. The van der Waals surface area contributed by atoms with Gasteiger partial charge in [-0.1, -0.05) is 156 Å². The molecule has 0 aromatic heterocycles. The van der Waals surface area contributed by atoms with Gasteiger partial charge in [-0.05, 0) is 75.0 Å². The fourth-order valence-electron chi connectivity index (χ4n) is 7.13. The van der Waals surface area contributed by atoms with Crippen LogP contribution in [0.3, 0.4) is 0 Å². The van der Waals surface area contributed by atoms with Crippen molar-refractivity contribution in [1.29, 1.82) is 0 Å². The molecule has 0 aliphatic carbocycles. The molecule has 0 saturated heterocycles. The molecule has 58 heavy (non-hydrogen) atoms. The maximum absolute atomic E-state index is 13.0. The number of phosphoric ester groups is 1. The van der Waals surface area contributed by atoms with Gasteiger partial charge < -0.3 is 27.9 Å². The summed E-state index contributed by atoms with van der Waals surface area (Å²) in [7, 11) is 1.09. The molecule has 0 N–H and O–H groups in total. The van der Waals surface area contributed by atoms with E-state index in [2.05, 4.69) is 55.4 Å². The minimum atomic E-state index is -4.68. The van der Waals surface area contributed by atoms with Crippen molar-refractivity contribution in [2.24, 2.45) is 35.5 Å². The highest BCUT2D eigenvalue weighted by molar-refractivity contribution is 7.45. The van der Waals surface area contributed by atoms with Crippen LogP contribution in [0.25, 0.3) is 0 Å². The third-order valence-electron chi connectivity index (χ3n) is 11.1. The third kappa shape index (κ3) is 36.4. The molecule has 1 unspecified atom stereocenters. The second-order valence-electron chi connectivity index (χ2n) is 20.0. The van der Waals surface area contributed by atoms with Crippen LogP contribution >= 0.6 is 7.82 Å². The number of carbonyl (C=O) groups is 2. The second-order valence-corrected chi connectivity index (χ2v) is 21.4. The van der Waals surface area contributed by atoms with Crippen molar-refractivity contribution in [2.45, 2.75) is 191 Å². The number of ether oxygens (including phenoxy) is 2. The predicted octanol–water partition coefficient (Wildman–Crippen LogP) is 12.4. The number of quaternary nitrogens is 1. The SMILES string of the molecule is C/C(=C\C(=O)OC[C@H](COP(=O)([O-])OCC[N+](C)(C)C)OC(=O)/C=C(\C)CCC[C@H](C)CCC[C@H](C)CCCC(C)C)CCC[C@H](C)CCC[C@H](C)CCCC(C)C. The molecule has 0 aliphatic rings. The Morgan fingerprint density at radius 1 is 0.569 bits per heavy atom. The highest BCUT2D eigenvalue weighted by atomic mass is 31.2. The Labute approximate surface area is 358 Å². The number of hydrogen-bond donors (Lipinski definition) is 0. The van der Waals surface area contributed by atoms with E-state index >= 15 is 0 Å². The van der Waals surface area contributed by atoms with E-state index in [1.54, 1.807) is 0 Å². The molecule has 0 radical (unpaired) electrons. The smallest absolute Gasteiger partial charge is 0.331 e. The first-order valence-corrected chi connectivity index (χ1v) is 24.6. The molecule has 0 heterocycles. The van der Waals surface area contributed by atoms with Gasteiger partial charge in [0.15, 0.2) is 6.10 Å². The largest absolute Gasteiger partial charge is 0.756 e. The molecule has 0 fully saturated rings. The molecule has 0 aromatic carbocycles. The first-order chi connectivity index (χ1) is 27.1. The van der Waals surface area contributed by atoms with Gasteiger partial charge in [0.05, 0.1) is 27.7 Å². The molecule has 0 saturated carbocycles. The van der Waals surface area contributed by atoms with Crippen LogP contribution in [0, 0.1) is 35.5 Å². The fraction of sp³-hybridized carbons (Fsp3) is 0.875. The van der Waals surface area contributed by atoms with Crippen molar-refractivity contribution in [2.75, 3.05) is 47.5 Å². The van der Waals surface area contributed by atoms with E-state index < -0.39 is 32.5 Å². The first-order valence-electron chi connectivity index (χ1n) is 23.2. The van der Waals surface area contributed by atoms with Crippen molar-refractivity contribution >= 4 is 19.8 Å². The number of nitrogens with zero attached hydrogens (tertiary/aromatic N) is 1. The quantitative estimate of drug-likeness (QED) is 0.0265. The summed E-state index contributed by atoms with van der Waals surface area (Å²) in [5.41, 5.74) is 1.79. The lowest BCUT2D eigenvalue weighted by molar-refractivity contribution is -0.870. The van der Waals surface area contributed by atoms with Gasteiger partial charge in [0, 0.05) is 12.2 Å². The molecule has 9 nitrogen and oxygen atoms in total. The summed E-state index contributed by atoms with van der Waals surface area (Å²) in [5, 5.41) is 0. The van der Waals surface area contributed by atoms with E-state index in [0.29, 0.717) is 22.9 Å². The maximum Gasteiger partial charge on any atom is 0.331 e. The van der Waals surface area contributed by atoms with E-state index in [-0.39, 0.29) is 13.2 Å². The van der Waals surface area contributed by atoms with E-state index in [1.807, 2.05) is 35.0 Å². The van der Waals surface area contributed by atoms with Gasteiger partial charge >= 0.3 is 11.9 Å². The third-order valence-corrected chi connectivity index (χ3v) is 12.1. The van der Waals surface area contributed by atoms with Gasteiger partial charge in [0.2, 0.25) is 0 Å². The van der Waals surface area contributed by atoms with E-state index in [9.17, 15) is 19.0 Å². The molecular formula is C48H92NO8P. The summed E-state index contributed by atoms with van der Waals surface area (Å²) in [6.45, 7) is 21.9.